The molecule has 9 nitrogen and oxygen atoms in total. The Morgan fingerprint density at radius 3 is 2.00 bits per heavy atom. The van der Waals surface area contributed by atoms with Gasteiger partial charge in [0.05, 0.1) is 18.8 Å². The van der Waals surface area contributed by atoms with E-state index >= 15 is 0 Å². The summed E-state index contributed by atoms with van der Waals surface area (Å²) in [5.41, 5.74) is 2.37. The number of aliphatic hydroxyl groups excluding tert-OH is 3. The summed E-state index contributed by atoms with van der Waals surface area (Å²) in [6.07, 6.45) is -1.43. The van der Waals surface area contributed by atoms with E-state index in [-0.39, 0.29) is 30.1 Å². The van der Waals surface area contributed by atoms with Gasteiger partial charge in [-0.1, -0.05) is 6.92 Å². The summed E-state index contributed by atoms with van der Waals surface area (Å²) in [4.78, 5) is 37.4. The van der Waals surface area contributed by atoms with Gasteiger partial charge in [-0.25, -0.2) is 0 Å². The highest BCUT2D eigenvalue weighted by molar-refractivity contribution is 6.07. The van der Waals surface area contributed by atoms with Crippen LogP contribution in [0.5, 0.6) is 0 Å². The predicted octanol–water partition coefficient (Wildman–Crippen LogP) is 0.0178. The van der Waals surface area contributed by atoms with Crippen LogP contribution in [0.4, 0.5) is 5.69 Å². The van der Waals surface area contributed by atoms with Gasteiger partial charge in [0.2, 0.25) is 5.91 Å². The first-order chi connectivity index (χ1) is 13.5. The molecule has 0 aliphatic heterocycles. The summed E-state index contributed by atoms with van der Waals surface area (Å²) in [7, 11) is 0. The minimum Gasteiger partial charge on any atom is -0.394 e. The summed E-state index contributed by atoms with van der Waals surface area (Å²) in [5, 5.41) is 35.8. The molecule has 1 aromatic rings. The highest BCUT2D eigenvalue weighted by atomic mass is 16.3. The number of nitrogens with one attached hydrogen (secondary N) is 3. The van der Waals surface area contributed by atoms with Gasteiger partial charge in [0.25, 0.3) is 11.8 Å². The van der Waals surface area contributed by atoms with Crippen molar-refractivity contribution in [1.82, 2.24) is 10.6 Å². The average molecular weight is 409 g/mol. The molecule has 0 radical (unpaired) electrons. The number of benzene rings is 1. The zero-order valence-electron chi connectivity index (χ0n) is 17.5. The van der Waals surface area contributed by atoms with Crippen molar-refractivity contribution in [2.75, 3.05) is 25.0 Å². The molecule has 2 unspecified atom stereocenters. The second-order valence-corrected chi connectivity index (χ2v) is 6.99. The van der Waals surface area contributed by atoms with Crippen LogP contribution in [0.25, 0.3) is 0 Å². The van der Waals surface area contributed by atoms with Crippen LogP contribution >= 0.6 is 0 Å². The second kappa shape index (κ2) is 10.9. The Morgan fingerprint density at radius 1 is 0.966 bits per heavy atom. The molecule has 0 bridgehead atoms. The molecule has 0 heterocycles. The van der Waals surface area contributed by atoms with Gasteiger partial charge < -0.3 is 31.3 Å². The summed E-state index contributed by atoms with van der Waals surface area (Å²) >= 11 is 0. The topological polar surface area (TPSA) is 148 Å². The number of carbonyl (C=O) groups is 3. The maximum atomic E-state index is 12.8. The van der Waals surface area contributed by atoms with Gasteiger partial charge in [-0.3, -0.25) is 14.4 Å². The molecule has 162 valence electrons. The molecule has 0 saturated carbocycles. The molecular formula is C20H31N3O6. The average Bonchev–Trinajstić information content (AvgIpc) is 2.65. The Hall–Kier alpha value is -2.49. The van der Waals surface area contributed by atoms with Crippen LogP contribution in [0.2, 0.25) is 0 Å². The zero-order chi connectivity index (χ0) is 22.3. The largest absolute Gasteiger partial charge is 0.394 e. The molecule has 1 aromatic carbocycles. The molecule has 0 saturated heterocycles. The first-order valence-corrected chi connectivity index (χ1v) is 9.51. The van der Waals surface area contributed by atoms with Gasteiger partial charge in [0, 0.05) is 36.8 Å². The molecule has 9 heteroatoms. The van der Waals surface area contributed by atoms with Gasteiger partial charge in [0.1, 0.15) is 0 Å². The fourth-order valence-electron chi connectivity index (χ4n) is 3.15. The Labute approximate surface area is 170 Å². The highest BCUT2D eigenvalue weighted by Gasteiger charge is 2.27. The van der Waals surface area contributed by atoms with Crippen LogP contribution in [-0.2, 0) is 11.2 Å². The van der Waals surface area contributed by atoms with Gasteiger partial charge >= 0.3 is 0 Å². The van der Waals surface area contributed by atoms with Gasteiger partial charge in [0.15, 0.2) is 0 Å². The van der Waals surface area contributed by atoms with E-state index in [1.807, 2.05) is 6.92 Å². The summed E-state index contributed by atoms with van der Waals surface area (Å²) < 4.78 is 0. The minimum absolute atomic E-state index is 0.0367. The van der Waals surface area contributed by atoms with Crippen molar-refractivity contribution in [2.24, 2.45) is 0 Å². The van der Waals surface area contributed by atoms with Gasteiger partial charge in [-0.05, 0) is 43.9 Å². The molecule has 2 atom stereocenters. The first-order valence-electron chi connectivity index (χ1n) is 9.51. The number of hydrogen-bond donors (Lipinski definition) is 6. The quantitative estimate of drug-likeness (QED) is 0.339. The first kappa shape index (κ1) is 24.5. The maximum absolute atomic E-state index is 12.8. The molecule has 0 aliphatic rings. The Bertz CT molecular complexity index is 776. The smallest absolute Gasteiger partial charge is 0.252 e. The zero-order valence-corrected chi connectivity index (χ0v) is 17.5. The van der Waals surface area contributed by atoms with Crippen molar-refractivity contribution < 1.29 is 29.7 Å². The van der Waals surface area contributed by atoms with Crippen LogP contribution in [0.1, 0.15) is 58.2 Å². The number of carbonyl (C=O) groups excluding carboxylic acids is 3. The van der Waals surface area contributed by atoms with Gasteiger partial charge in [-0.2, -0.15) is 0 Å². The molecule has 0 aliphatic carbocycles. The third kappa shape index (κ3) is 6.25. The van der Waals surface area contributed by atoms with Crippen LogP contribution in [0.15, 0.2) is 0 Å². The van der Waals surface area contributed by atoms with Crippen LogP contribution in [-0.4, -0.2) is 64.9 Å². The lowest BCUT2D eigenvalue weighted by Crippen LogP contribution is -2.36. The number of anilines is 1. The van der Waals surface area contributed by atoms with E-state index in [0.717, 1.165) is 0 Å². The van der Waals surface area contributed by atoms with Crippen molar-refractivity contribution in [3.8, 4) is 0 Å². The van der Waals surface area contributed by atoms with E-state index in [0.29, 0.717) is 28.8 Å². The number of hydrogen-bond acceptors (Lipinski definition) is 6. The monoisotopic (exact) mass is 409 g/mol. The Morgan fingerprint density at radius 2 is 1.52 bits per heavy atom. The summed E-state index contributed by atoms with van der Waals surface area (Å²) in [6.45, 7) is 7.39. The lowest BCUT2D eigenvalue weighted by molar-refractivity contribution is -0.114. The molecule has 0 spiro atoms. The second-order valence-electron chi connectivity index (χ2n) is 6.99. The lowest BCUT2D eigenvalue weighted by atomic mass is 9.88. The van der Waals surface area contributed by atoms with E-state index in [9.17, 15) is 24.6 Å². The number of amides is 3. The molecule has 0 aromatic heterocycles. The van der Waals surface area contributed by atoms with Crippen LogP contribution in [0, 0.1) is 13.8 Å². The number of rotatable bonds is 9. The molecule has 0 fully saturated rings. The van der Waals surface area contributed by atoms with Crippen molar-refractivity contribution in [3.63, 3.8) is 0 Å². The fraction of sp³-hybridized carbons (Fsp3) is 0.550. The summed E-state index contributed by atoms with van der Waals surface area (Å²) in [6, 6.07) is 0. The SMILES string of the molecule is CCc1c(NC(C)=O)c(C)c(C(=O)NCC(O)CO)c(C)c1C(=O)NCC(C)O. The summed E-state index contributed by atoms with van der Waals surface area (Å²) in [5.74, 6) is -1.34. The van der Waals surface area contributed by atoms with Crippen LogP contribution < -0.4 is 16.0 Å². The van der Waals surface area contributed by atoms with Crippen molar-refractivity contribution >= 4 is 23.4 Å². The third-order valence-corrected chi connectivity index (χ3v) is 4.48. The molecule has 29 heavy (non-hydrogen) atoms. The lowest BCUT2D eigenvalue weighted by Gasteiger charge is -2.23. The Balaban J connectivity index is 3.58. The Kier molecular flexibility index (Phi) is 9.22. The maximum Gasteiger partial charge on any atom is 0.252 e. The molecule has 6 N–H and O–H groups in total. The van der Waals surface area contributed by atoms with Crippen molar-refractivity contribution in [1.29, 1.82) is 0 Å². The van der Waals surface area contributed by atoms with E-state index in [1.165, 1.54) is 13.8 Å². The van der Waals surface area contributed by atoms with E-state index in [4.69, 9.17) is 5.11 Å². The highest BCUT2D eigenvalue weighted by Crippen LogP contribution is 2.32. The minimum atomic E-state index is -1.11. The van der Waals surface area contributed by atoms with Crippen LogP contribution in [0.3, 0.4) is 0 Å². The molecule has 1 rings (SSSR count). The van der Waals surface area contributed by atoms with E-state index in [2.05, 4.69) is 16.0 Å². The van der Waals surface area contributed by atoms with Gasteiger partial charge in [-0.15, -0.1) is 0 Å². The third-order valence-electron chi connectivity index (χ3n) is 4.48. The van der Waals surface area contributed by atoms with Crippen molar-refractivity contribution in [2.45, 2.75) is 53.2 Å². The predicted molar refractivity (Wildman–Crippen MR) is 109 cm³/mol. The molecular weight excluding hydrogens is 378 g/mol. The number of aliphatic hydroxyl groups is 3. The van der Waals surface area contributed by atoms with E-state index < -0.39 is 30.6 Å². The standard InChI is InChI=1S/C20H31N3O6/c1-6-15-17(20(29)21-7-10(2)25)11(3)16(12(4)18(15)23-13(5)26)19(28)22-8-14(27)9-24/h10,14,24-25,27H,6-9H2,1-5H3,(H,21,29)(H,22,28)(H,23,26). The normalized spacial score (nSPS) is 12.8. The van der Waals surface area contributed by atoms with E-state index in [1.54, 1.807) is 13.8 Å². The molecule has 3 amide bonds. The van der Waals surface area contributed by atoms with Crippen molar-refractivity contribution in [3.05, 3.63) is 27.8 Å². The fourth-order valence-corrected chi connectivity index (χ4v) is 3.15.